The number of aliphatic hydroxyl groups is 2. The number of anilines is 1. The van der Waals surface area contributed by atoms with E-state index in [4.69, 9.17) is 4.74 Å². The van der Waals surface area contributed by atoms with Crippen LogP contribution in [0.5, 0.6) is 0 Å². The molecule has 3 rings (SSSR count). The van der Waals surface area contributed by atoms with Gasteiger partial charge in [-0.2, -0.15) is 0 Å². The standard InChI is InChI=1S/C18H24N2O4/c1-19-15-5-3-4-14(15)17(22)20(18(19)23)13-9-6-12(7-10-13)8-11-16(21)24-2/h6-7,9-10,16-17,21-22H,3-5,8,11H2,1-2H3. The Balaban J connectivity index is 1.77. The van der Waals surface area contributed by atoms with E-state index in [0.29, 0.717) is 18.5 Å². The van der Waals surface area contributed by atoms with Gasteiger partial charge in [0.25, 0.3) is 0 Å². The first-order valence-corrected chi connectivity index (χ1v) is 8.29. The fraction of sp³-hybridized carbons (Fsp3) is 0.500. The Hall–Kier alpha value is -1.89. The minimum atomic E-state index is -0.882. The van der Waals surface area contributed by atoms with Crippen LogP contribution in [-0.2, 0) is 11.2 Å². The van der Waals surface area contributed by atoms with Crippen LogP contribution in [0.4, 0.5) is 10.5 Å². The zero-order chi connectivity index (χ0) is 17.3. The summed E-state index contributed by atoms with van der Waals surface area (Å²) >= 11 is 0. The van der Waals surface area contributed by atoms with E-state index in [1.165, 1.54) is 12.0 Å². The molecule has 0 spiro atoms. The molecule has 2 aliphatic rings. The molecule has 0 radical (unpaired) electrons. The van der Waals surface area contributed by atoms with Crippen molar-refractivity contribution in [3.05, 3.63) is 41.1 Å². The normalized spacial score (nSPS) is 22.2. The molecule has 0 bridgehead atoms. The Morgan fingerprint density at radius 1 is 1.29 bits per heavy atom. The molecular formula is C18H24N2O4. The van der Waals surface area contributed by atoms with Crippen molar-refractivity contribution in [1.82, 2.24) is 4.90 Å². The number of urea groups is 1. The van der Waals surface area contributed by atoms with Gasteiger partial charge in [-0.1, -0.05) is 12.1 Å². The van der Waals surface area contributed by atoms with Crippen molar-refractivity contribution in [3.63, 3.8) is 0 Å². The van der Waals surface area contributed by atoms with Gasteiger partial charge >= 0.3 is 6.03 Å². The zero-order valence-electron chi connectivity index (χ0n) is 14.1. The van der Waals surface area contributed by atoms with Crippen molar-refractivity contribution >= 4 is 11.7 Å². The summed E-state index contributed by atoms with van der Waals surface area (Å²) in [6.07, 6.45) is 2.21. The van der Waals surface area contributed by atoms with Gasteiger partial charge in [0, 0.05) is 32.0 Å². The molecule has 2 atom stereocenters. The lowest BCUT2D eigenvalue weighted by atomic mass is 10.1. The Morgan fingerprint density at radius 3 is 2.67 bits per heavy atom. The summed E-state index contributed by atoms with van der Waals surface area (Å²) < 4.78 is 4.83. The molecule has 24 heavy (non-hydrogen) atoms. The van der Waals surface area contributed by atoms with Crippen molar-refractivity contribution in [3.8, 4) is 0 Å². The summed E-state index contributed by atoms with van der Waals surface area (Å²) in [6, 6.07) is 7.30. The molecule has 2 unspecified atom stereocenters. The second-order valence-corrected chi connectivity index (χ2v) is 6.31. The van der Waals surface area contributed by atoms with Crippen LogP contribution in [0.25, 0.3) is 0 Å². The first-order valence-electron chi connectivity index (χ1n) is 8.29. The third kappa shape index (κ3) is 3.05. The number of hydrogen-bond donors (Lipinski definition) is 2. The molecule has 1 aliphatic heterocycles. The van der Waals surface area contributed by atoms with Crippen LogP contribution in [-0.4, -0.2) is 47.8 Å². The van der Waals surface area contributed by atoms with Crippen LogP contribution in [0.15, 0.2) is 35.5 Å². The number of allylic oxidation sites excluding steroid dienone is 1. The van der Waals surface area contributed by atoms with Crippen LogP contribution in [0.2, 0.25) is 0 Å². The molecule has 0 saturated heterocycles. The third-order valence-electron chi connectivity index (χ3n) is 4.85. The summed E-state index contributed by atoms with van der Waals surface area (Å²) in [5.41, 5.74) is 3.63. The van der Waals surface area contributed by atoms with Crippen LogP contribution >= 0.6 is 0 Å². The van der Waals surface area contributed by atoms with Gasteiger partial charge in [-0.25, -0.2) is 4.79 Å². The smallest absolute Gasteiger partial charge is 0.330 e. The molecule has 6 nitrogen and oxygen atoms in total. The van der Waals surface area contributed by atoms with Crippen molar-refractivity contribution in [2.75, 3.05) is 19.1 Å². The zero-order valence-corrected chi connectivity index (χ0v) is 14.1. The average molecular weight is 332 g/mol. The Morgan fingerprint density at radius 2 is 2.00 bits per heavy atom. The number of ether oxygens (including phenoxy) is 1. The number of rotatable bonds is 5. The highest BCUT2D eigenvalue weighted by molar-refractivity contribution is 5.95. The Labute approximate surface area is 141 Å². The minimum Gasteiger partial charge on any atom is -0.369 e. The predicted octanol–water partition coefficient (Wildman–Crippen LogP) is 2.21. The quantitative estimate of drug-likeness (QED) is 0.811. The van der Waals surface area contributed by atoms with Crippen molar-refractivity contribution in [2.24, 2.45) is 0 Å². The average Bonchev–Trinajstić information content (AvgIpc) is 3.09. The minimum absolute atomic E-state index is 0.203. The summed E-state index contributed by atoms with van der Waals surface area (Å²) in [5.74, 6) is 0. The van der Waals surface area contributed by atoms with Crippen LogP contribution in [0, 0.1) is 0 Å². The first kappa shape index (κ1) is 17.0. The van der Waals surface area contributed by atoms with Crippen molar-refractivity contribution in [1.29, 1.82) is 0 Å². The molecule has 1 aromatic rings. The van der Waals surface area contributed by atoms with Gasteiger partial charge in [0.2, 0.25) is 0 Å². The highest BCUT2D eigenvalue weighted by Crippen LogP contribution is 2.37. The van der Waals surface area contributed by atoms with Gasteiger partial charge in [-0.05, 0) is 49.0 Å². The Bertz CT molecular complexity index is 641. The third-order valence-corrected chi connectivity index (χ3v) is 4.85. The number of nitrogens with zero attached hydrogens (tertiary/aromatic N) is 2. The maximum Gasteiger partial charge on any atom is 0.330 e. The number of aliphatic hydroxyl groups excluding tert-OH is 2. The molecule has 1 aliphatic carbocycles. The van der Waals surface area contributed by atoms with E-state index in [0.717, 1.165) is 36.1 Å². The van der Waals surface area contributed by atoms with E-state index in [2.05, 4.69) is 0 Å². The van der Waals surface area contributed by atoms with Gasteiger partial charge < -0.3 is 19.8 Å². The van der Waals surface area contributed by atoms with Crippen LogP contribution in [0.3, 0.4) is 0 Å². The lowest BCUT2D eigenvalue weighted by molar-refractivity contribution is -0.0777. The maximum absolute atomic E-state index is 12.6. The van der Waals surface area contributed by atoms with Gasteiger partial charge in [-0.3, -0.25) is 4.90 Å². The molecule has 1 heterocycles. The molecule has 2 amide bonds. The second kappa shape index (κ2) is 6.93. The van der Waals surface area contributed by atoms with E-state index in [1.807, 2.05) is 24.3 Å². The number of amides is 2. The largest absolute Gasteiger partial charge is 0.369 e. The first-order chi connectivity index (χ1) is 11.5. The lowest BCUT2D eigenvalue weighted by Gasteiger charge is -2.38. The summed E-state index contributed by atoms with van der Waals surface area (Å²) in [7, 11) is 3.24. The molecule has 0 fully saturated rings. The lowest BCUT2D eigenvalue weighted by Crippen LogP contribution is -2.51. The number of aryl methyl sites for hydroxylation is 1. The van der Waals surface area contributed by atoms with E-state index in [1.54, 1.807) is 11.9 Å². The molecule has 0 saturated carbocycles. The van der Waals surface area contributed by atoms with E-state index < -0.39 is 12.5 Å². The fourth-order valence-corrected chi connectivity index (χ4v) is 3.43. The summed E-state index contributed by atoms with van der Waals surface area (Å²) in [5, 5.41) is 20.1. The van der Waals surface area contributed by atoms with Crippen LogP contribution in [0.1, 0.15) is 31.2 Å². The Kier molecular flexibility index (Phi) is 4.89. The number of carbonyl (C=O) groups is 1. The van der Waals surface area contributed by atoms with Gasteiger partial charge in [0.05, 0.1) is 0 Å². The van der Waals surface area contributed by atoms with E-state index >= 15 is 0 Å². The molecular weight excluding hydrogens is 308 g/mol. The van der Waals surface area contributed by atoms with Gasteiger partial charge in [0.15, 0.2) is 12.5 Å². The molecule has 0 aromatic heterocycles. The van der Waals surface area contributed by atoms with E-state index in [-0.39, 0.29) is 6.03 Å². The highest BCUT2D eigenvalue weighted by Gasteiger charge is 2.39. The number of benzene rings is 1. The number of hydrogen-bond acceptors (Lipinski definition) is 4. The number of methoxy groups -OCH3 is 1. The van der Waals surface area contributed by atoms with Crippen LogP contribution < -0.4 is 4.90 Å². The summed E-state index contributed by atoms with van der Waals surface area (Å²) in [4.78, 5) is 15.7. The highest BCUT2D eigenvalue weighted by atomic mass is 16.6. The maximum atomic E-state index is 12.6. The number of carbonyl (C=O) groups excluding carboxylic acids is 1. The molecule has 130 valence electrons. The molecule has 1 aromatic carbocycles. The molecule has 6 heteroatoms. The monoisotopic (exact) mass is 332 g/mol. The topological polar surface area (TPSA) is 73.2 Å². The predicted molar refractivity (Wildman–Crippen MR) is 90.3 cm³/mol. The van der Waals surface area contributed by atoms with Crippen molar-refractivity contribution in [2.45, 2.75) is 44.6 Å². The van der Waals surface area contributed by atoms with Crippen molar-refractivity contribution < 1.29 is 19.7 Å². The summed E-state index contributed by atoms with van der Waals surface area (Å²) in [6.45, 7) is 0. The molecule has 2 N–H and O–H groups in total. The van der Waals surface area contributed by atoms with Gasteiger partial charge in [-0.15, -0.1) is 0 Å². The second-order valence-electron chi connectivity index (χ2n) is 6.31. The van der Waals surface area contributed by atoms with E-state index in [9.17, 15) is 15.0 Å². The SMILES string of the molecule is COC(O)CCc1ccc(N2C(=O)N(C)C3=C(CCC3)C2O)cc1. The van der Waals surface area contributed by atoms with Gasteiger partial charge in [0.1, 0.15) is 0 Å². The fourth-order valence-electron chi connectivity index (χ4n) is 3.43.